The highest BCUT2D eigenvalue weighted by Crippen LogP contribution is 2.25. The molecule has 0 aliphatic rings. The first kappa shape index (κ1) is 18.3. The number of nitrogens with one attached hydrogen (secondary N) is 1. The molecule has 1 rings (SSSR count). The number of benzene rings is 1. The van der Waals surface area contributed by atoms with Gasteiger partial charge in [0.05, 0.1) is 10.6 Å². The molecule has 0 atom stereocenters. The number of anilines is 1. The molecule has 124 valence electrons. The van der Waals surface area contributed by atoms with Crippen LogP contribution in [0.15, 0.2) is 23.1 Å². The van der Waals surface area contributed by atoms with Crippen molar-refractivity contribution in [1.82, 2.24) is 0 Å². The highest BCUT2D eigenvalue weighted by molar-refractivity contribution is 7.89. The van der Waals surface area contributed by atoms with Crippen LogP contribution in [0, 0.1) is 16.0 Å². The van der Waals surface area contributed by atoms with Gasteiger partial charge in [-0.1, -0.05) is 13.8 Å². The van der Waals surface area contributed by atoms with E-state index in [0.29, 0.717) is 32.1 Å². The van der Waals surface area contributed by atoms with Gasteiger partial charge in [-0.05, 0) is 18.4 Å². The van der Waals surface area contributed by atoms with E-state index >= 15 is 0 Å². The van der Waals surface area contributed by atoms with Crippen molar-refractivity contribution in [3.8, 4) is 0 Å². The smallest absolute Gasteiger partial charge is 0.270 e. The molecule has 0 radical (unpaired) electrons. The molecular weight excluding hydrogens is 310 g/mol. The molecule has 0 heterocycles. The molecule has 0 spiro atoms. The summed E-state index contributed by atoms with van der Waals surface area (Å²) >= 11 is 0. The second-order valence-electron chi connectivity index (χ2n) is 5.23. The summed E-state index contributed by atoms with van der Waals surface area (Å²) in [4.78, 5) is 9.76. The van der Waals surface area contributed by atoms with Gasteiger partial charge in [-0.3, -0.25) is 10.1 Å². The lowest BCUT2D eigenvalue weighted by atomic mass is 10.2. The van der Waals surface area contributed by atoms with E-state index in [1.807, 2.05) is 13.8 Å². The summed E-state index contributed by atoms with van der Waals surface area (Å²) in [7, 11) is -4.05. The number of nitro benzene ring substituents is 1. The molecule has 0 fully saturated rings. The first-order chi connectivity index (χ1) is 10.2. The first-order valence-electron chi connectivity index (χ1n) is 6.84. The number of sulfonamides is 1. The molecule has 9 heteroatoms. The number of hydrogen-bond acceptors (Lipinski definition) is 6. The summed E-state index contributed by atoms with van der Waals surface area (Å²) < 4.78 is 28.5. The summed E-state index contributed by atoms with van der Waals surface area (Å²) in [5.41, 5.74) is -0.0770. The lowest BCUT2D eigenvalue weighted by Crippen LogP contribution is -2.16. The van der Waals surface area contributed by atoms with Crippen molar-refractivity contribution in [2.45, 2.75) is 25.2 Å². The van der Waals surface area contributed by atoms with Gasteiger partial charge in [0.25, 0.3) is 5.69 Å². The van der Waals surface area contributed by atoms with Gasteiger partial charge in [-0.15, -0.1) is 0 Å². The third kappa shape index (κ3) is 5.96. The quantitative estimate of drug-likeness (QED) is 0.403. The lowest BCUT2D eigenvalue weighted by Gasteiger charge is -2.11. The fourth-order valence-electron chi connectivity index (χ4n) is 1.72. The predicted molar refractivity (Wildman–Crippen MR) is 83.2 cm³/mol. The van der Waals surface area contributed by atoms with E-state index in [9.17, 15) is 18.5 Å². The maximum Gasteiger partial charge on any atom is 0.270 e. The van der Waals surface area contributed by atoms with Gasteiger partial charge in [0.15, 0.2) is 0 Å². The maximum absolute atomic E-state index is 11.5. The van der Waals surface area contributed by atoms with Crippen molar-refractivity contribution in [2.24, 2.45) is 11.1 Å². The molecule has 0 aliphatic heterocycles. The van der Waals surface area contributed by atoms with Crippen molar-refractivity contribution in [3.05, 3.63) is 28.3 Å². The zero-order valence-corrected chi connectivity index (χ0v) is 13.4. The molecule has 3 N–H and O–H groups in total. The predicted octanol–water partition coefficient (Wildman–Crippen LogP) is 1.72. The van der Waals surface area contributed by atoms with Crippen molar-refractivity contribution < 1.29 is 18.1 Å². The van der Waals surface area contributed by atoms with Crippen LogP contribution in [0.3, 0.4) is 0 Å². The zero-order chi connectivity index (χ0) is 16.8. The Balaban J connectivity index is 2.68. The number of rotatable bonds is 9. The van der Waals surface area contributed by atoms with Gasteiger partial charge in [0.1, 0.15) is 4.90 Å². The van der Waals surface area contributed by atoms with Gasteiger partial charge < -0.3 is 10.1 Å². The molecule has 0 amide bonds. The Morgan fingerprint density at radius 2 is 2.09 bits per heavy atom. The first-order valence-corrected chi connectivity index (χ1v) is 8.39. The van der Waals surface area contributed by atoms with Crippen LogP contribution in [0.25, 0.3) is 0 Å². The molecule has 0 aromatic heterocycles. The summed E-state index contributed by atoms with van der Waals surface area (Å²) in [6.45, 7) is 5.78. The minimum Gasteiger partial charge on any atom is -0.384 e. The van der Waals surface area contributed by atoms with E-state index in [0.717, 1.165) is 6.07 Å². The van der Waals surface area contributed by atoms with Crippen LogP contribution in [0.1, 0.15) is 20.3 Å². The average Bonchev–Trinajstić information content (AvgIpc) is 2.41. The van der Waals surface area contributed by atoms with Crippen molar-refractivity contribution in [3.63, 3.8) is 0 Å². The molecule has 0 saturated carbocycles. The number of nitro groups is 1. The van der Waals surface area contributed by atoms with Crippen LogP contribution in [0.4, 0.5) is 11.4 Å². The van der Waals surface area contributed by atoms with Gasteiger partial charge in [0.2, 0.25) is 10.0 Å². The minimum absolute atomic E-state index is 0.247. The molecule has 1 aromatic rings. The molecule has 8 nitrogen and oxygen atoms in total. The fraction of sp³-hybridized carbons (Fsp3) is 0.538. The summed E-state index contributed by atoms with van der Waals surface area (Å²) in [6.07, 6.45) is 0.674. The monoisotopic (exact) mass is 331 g/mol. The second kappa shape index (κ2) is 8.06. The zero-order valence-electron chi connectivity index (χ0n) is 12.6. The van der Waals surface area contributed by atoms with E-state index < -0.39 is 14.9 Å². The van der Waals surface area contributed by atoms with Crippen LogP contribution in [-0.4, -0.2) is 33.1 Å². The number of non-ortho nitro benzene ring substituents is 1. The van der Waals surface area contributed by atoms with E-state index in [1.165, 1.54) is 12.1 Å². The Kier molecular flexibility index (Phi) is 6.72. The van der Waals surface area contributed by atoms with Crippen LogP contribution >= 0.6 is 0 Å². The fourth-order valence-corrected chi connectivity index (χ4v) is 2.45. The highest BCUT2D eigenvalue weighted by Gasteiger charge is 2.18. The second-order valence-corrected chi connectivity index (χ2v) is 6.76. The lowest BCUT2D eigenvalue weighted by molar-refractivity contribution is -0.385. The number of nitrogens with zero attached hydrogens (tertiary/aromatic N) is 1. The van der Waals surface area contributed by atoms with Crippen LogP contribution in [0.2, 0.25) is 0 Å². The minimum atomic E-state index is -4.05. The van der Waals surface area contributed by atoms with Crippen LogP contribution < -0.4 is 10.5 Å². The Morgan fingerprint density at radius 3 is 2.64 bits per heavy atom. The molecular formula is C13H21N3O5S. The third-order valence-electron chi connectivity index (χ3n) is 2.71. The molecule has 1 aromatic carbocycles. The highest BCUT2D eigenvalue weighted by atomic mass is 32.2. The average molecular weight is 331 g/mol. The van der Waals surface area contributed by atoms with Crippen molar-refractivity contribution in [2.75, 3.05) is 25.1 Å². The molecule has 0 unspecified atom stereocenters. The maximum atomic E-state index is 11.5. The van der Waals surface area contributed by atoms with Crippen LogP contribution in [-0.2, 0) is 14.8 Å². The van der Waals surface area contributed by atoms with E-state index in [-0.39, 0.29) is 16.3 Å². The Labute approximate surface area is 129 Å². The van der Waals surface area contributed by atoms with Crippen molar-refractivity contribution in [1.29, 1.82) is 0 Å². The van der Waals surface area contributed by atoms with Crippen molar-refractivity contribution >= 4 is 21.4 Å². The van der Waals surface area contributed by atoms with Crippen LogP contribution in [0.5, 0.6) is 0 Å². The standard InChI is InChI=1S/C13H21N3O5S/c1-10(2)9-21-7-3-6-15-12-5-4-11(16(17)18)8-13(12)22(14,19)20/h4-5,8,10,15H,3,6-7,9H2,1-2H3,(H2,14,19,20). The number of hydrogen-bond donors (Lipinski definition) is 2. The van der Waals surface area contributed by atoms with E-state index in [4.69, 9.17) is 9.88 Å². The topological polar surface area (TPSA) is 125 Å². The Bertz CT molecular complexity index is 616. The largest absolute Gasteiger partial charge is 0.384 e. The third-order valence-corrected chi connectivity index (χ3v) is 3.67. The molecule has 0 aliphatic carbocycles. The van der Waals surface area contributed by atoms with Gasteiger partial charge in [0, 0.05) is 31.9 Å². The Morgan fingerprint density at radius 1 is 1.41 bits per heavy atom. The molecule has 0 saturated heterocycles. The molecule has 22 heavy (non-hydrogen) atoms. The van der Waals surface area contributed by atoms with Gasteiger partial charge in [-0.2, -0.15) is 0 Å². The summed E-state index contributed by atoms with van der Waals surface area (Å²) in [6, 6.07) is 3.52. The number of ether oxygens (including phenoxy) is 1. The Hall–Kier alpha value is -1.71. The molecule has 0 bridgehead atoms. The number of nitrogens with two attached hydrogens (primary N) is 1. The SMILES string of the molecule is CC(C)COCCCNc1ccc([N+](=O)[O-])cc1S(N)(=O)=O. The summed E-state index contributed by atoms with van der Waals surface area (Å²) in [5, 5.41) is 18.7. The van der Waals surface area contributed by atoms with E-state index in [1.54, 1.807) is 0 Å². The van der Waals surface area contributed by atoms with Gasteiger partial charge >= 0.3 is 0 Å². The summed E-state index contributed by atoms with van der Waals surface area (Å²) in [5.74, 6) is 0.455. The van der Waals surface area contributed by atoms with E-state index in [2.05, 4.69) is 5.32 Å². The van der Waals surface area contributed by atoms with Gasteiger partial charge in [-0.25, -0.2) is 13.6 Å². The number of primary sulfonamides is 1. The normalized spacial score (nSPS) is 11.6.